The molecule has 3 aromatic rings. The van der Waals surface area contributed by atoms with Crippen LogP contribution in [0.1, 0.15) is 43.7 Å². The molecule has 5 rings (SSSR count). The normalized spacial score (nSPS) is 22.5. The Bertz CT molecular complexity index is 1280. The Balaban J connectivity index is 1.37. The van der Waals surface area contributed by atoms with Crippen LogP contribution in [0, 0.1) is 11.7 Å². The number of carbonyl (C=O) groups excluding carboxylic acids is 1. The summed E-state index contributed by atoms with van der Waals surface area (Å²) in [4.78, 5) is 16.5. The van der Waals surface area contributed by atoms with Crippen molar-refractivity contribution >= 4 is 29.4 Å². The molecule has 1 heterocycles. The molecule has 1 saturated carbocycles. The van der Waals surface area contributed by atoms with Gasteiger partial charge in [-0.3, -0.25) is 4.79 Å². The molecule has 0 spiro atoms. The molecule has 38 heavy (non-hydrogen) atoms. The standard InChI is InChI=1S/C31H33FN2O3S/c1-21-8-6-7-11-26(21)34-30(35)29(38-31(34)33-25-9-4-3-5-10-25)19-23-14-17-27(28(18-23)36-2)37-20-22-12-15-24(32)16-13-22/h3-5,9-10,12-19,21,26,31,33H,6-8,11,20H2,1-2H3/b29-19-/t21-,26-,31?/m1/s1. The number of para-hydroxylation sites is 1. The molecule has 7 heteroatoms. The molecule has 1 unspecified atom stereocenters. The quantitative estimate of drug-likeness (QED) is 0.309. The highest BCUT2D eigenvalue weighted by Crippen LogP contribution is 2.42. The van der Waals surface area contributed by atoms with Gasteiger partial charge in [0.15, 0.2) is 17.0 Å². The lowest BCUT2D eigenvalue weighted by Gasteiger charge is -2.39. The fourth-order valence-corrected chi connectivity index (χ4v) is 6.37. The summed E-state index contributed by atoms with van der Waals surface area (Å²) in [6.07, 6.45) is 6.49. The van der Waals surface area contributed by atoms with Gasteiger partial charge < -0.3 is 19.7 Å². The fraction of sp³-hybridized carbons (Fsp3) is 0.323. The molecule has 2 aliphatic rings. The van der Waals surface area contributed by atoms with E-state index in [-0.39, 0.29) is 23.3 Å². The van der Waals surface area contributed by atoms with Crippen molar-refractivity contribution in [2.24, 2.45) is 5.92 Å². The average molecular weight is 533 g/mol. The van der Waals surface area contributed by atoms with E-state index in [1.165, 1.54) is 18.6 Å². The molecule has 1 N–H and O–H groups in total. The molecule has 0 aromatic heterocycles. The van der Waals surface area contributed by atoms with E-state index in [2.05, 4.69) is 17.1 Å². The molecular weight excluding hydrogens is 499 g/mol. The van der Waals surface area contributed by atoms with Gasteiger partial charge in [0.2, 0.25) is 0 Å². The molecule has 0 bridgehead atoms. The van der Waals surface area contributed by atoms with E-state index >= 15 is 0 Å². The monoisotopic (exact) mass is 532 g/mol. The van der Waals surface area contributed by atoms with Gasteiger partial charge in [-0.15, -0.1) is 0 Å². The maximum absolute atomic E-state index is 13.8. The summed E-state index contributed by atoms with van der Waals surface area (Å²) < 4.78 is 24.7. The maximum atomic E-state index is 13.8. The first-order valence-electron chi connectivity index (χ1n) is 13.1. The minimum atomic E-state index is -0.277. The van der Waals surface area contributed by atoms with Crippen LogP contribution in [-0.2, 0) is 11.4 Å². The summed E-state index contributed by atoms with van der Waals surface area (Å²) in [6.45, 7) is 2.56. The summed E-state index contributed by atoms with van der Waals surface area (Å²) in [7, 11) is 1.60. The highest BCUT2D eigenvalue weighted by Gasteiger charge is 2.42. The smallest absolute Gasteiger partial charge is 0.262 e. The van der Waals surface area contributed by atoms with E-state index in [0.29, 0.717) is 28.9 Å². The van der Waals surface area contributed by atoms with Gasteiger partial charge in [-0.2, -0.15) is 0 Å². The van der Waals surface area contributed by atoms with Gasteiger partial charge in [-0.05, 0) is 72.4 Å². The van der Waals surface area contributed by atoms with E-state index < -0.39 is 0 Å². The minimum Gasteiger partial charge on any atom is -0.493 e. The number of carbonyl (C=O) groups is 1. The molecule has 0 radical (unpaired) electrons. The number of benzene rings is 3. The number of nitrogens with one attached hydrogen (secondary N) is 1. The van der Waals surface area contributed by atoms with Gasteiger partial charge in [0, 0.05) is 11.7 Å². The second-order valence-corrected chi connectivity index (χ2v) is 11.0. The third-order valence-corrected chi connectivity index (χ3v) is 8.33. The zero-order valence-corrected chi connectivity index (χ0v) is 22.5. The summed E-state index contributed by atoms with van der Waals surface area (Å²) in [5.41, 5.74) is 2.56. The van der Waals surface area contributed by atoms with Crippen molar-refractivity contribution < 1.29 is 18.7 Å². The van der Waals surface area contributed by atoms with Crippen LogP contribution in [-0.4, -0.2) is 29.5 Å². The van der Waals surface area contributed by atoms with Gasteiger partial charge >= 0.3 is 0 Å². The van der Waals surface area contributed by atoms with E-state index in [4.69, 9.17) is 9.47 Å². The predicted octanol–water partition coefficient (Wildman–Crippen LogP) is 7.30. The Kier molecular flexibility index (Phi) is 8.23. The third kappa shape index (κ3) is 5.99. The van der Waals surface area contributed by atoms with Crippen molar-refractivity contribution in [3.05, 3.63) is 94.6 Å². The van der Waals surface area contributed by atoms with Crippen LogP contribution < -0.4 is 14.8 Å². The molecule has 1 amide bonds. The highest BCUT2D eigenvalue weighted by molar-refractivity contribution is 8.05. The van der Waals surface area contributed by atoms with Crippen molar-refractivity contribution in [1.29, 1.82) is 0 Å². The number of hydrogen-bond donors (Lipinski definition) is 1. The molecule has 1 aliphatic carbocycles. The topological polar surface area (TPSA) is 50.8 Å². The SMILES string of the molecule is COc1cc(/C=C2\SC(Nc3ccccc3)N([C@@H]3CCCC[C@H]3C)C2=O)ccc1OCc1ccc(F)cc1. The molecular formula is C31H33FN2O3S. The lowest BCUT2D eigenvalue weighted by Crippen LogP contribution is -2.48. The van der Waals surface area contributed by atoms with Crippen molar-refractivity contribution in [1.82, 2.24) is 4.90 Å². The van der Waals surface area contributed by atoms with Crippen molar-refractivity contribution in [2.75, 3.05) is 12.4 Å². The van der Waals surface area contributed by atoms with E-state index in [9.17, 15) is 9.18 Å². The molecule has 2 fully saturated rings. The van der Waals surface area contributed by atoms with Gasteiger partial charge in [0.05, 0.1) is 12.0 Å². The predicted molar refractivity (Wildman–Crippen MR) is 151 cm³/mol. The van der Waals surface area contributed by atoms with Crippen LogP contribution in [0.4, 0.5) is 10.1 Å². The lowest BCUT2D eigenvalue weighted by molar-refractivity contribution is -0.129. The molecule has 1 aliphatic heterocycles. The Labute approximate surface area is 228 Å². The van der Waals surface area contributed by atoms with E-state index in [1.807, 2.05) is 54.6 Å². The van der Waals surface area contributed by atoms with Crippen LogP contribution >= 0.6 is 11.8 Å². The Morgan fingerprint density at radius 2 is 1.79 bits per heavy atom. The Morgan fingerprint density at radius 3 is 2.53 bits per heavy atom. The van der Waals surface area contributed by atoms with Gasteiger partial charge in [-0.25, -0.2) is 4.39 Å². The molecule has 3 aromatic carbocycles. The van der Waals surface area contributed by atoms with Crippen LogP contribution in [0.5, 0.6) is 11.5 Å². The first kappa shape index (κ1) is 26.2. The summed E-state index contributed by atoms with van der Waals surface area (Å²) in [5.74, 6) is 1.42. The Morgan fingerprint density at radius 1 is 1.03 bits per heavy atom. The van der Waals surface area contributed by atoms with Crippen molar-refractivity contribution in [2.45, 2.75) is 50.8 Å². The van der Waals surface area contributed by atoms with Crippen molar-refractivity contribution in [3.63, 3.8) is 0 Å². The first-order valence-corrected chi connectivity index (χ1v) is 14.0. The van der Waals surface area contributed by atoms with Gasteiger partial charge in [-0.1, -0.05) is 67.9 Å². The number of anilines is 1. The summed E-state index contributed by atoms with van der Waals surface area (Å²) in [5, 5.41) is 3.58. The number of nitrogens with zero attached hydrogens (tertiary/aromatic N) is 1. The van der Waals surface area contributed by atoms with E-state index in [1.54, 1.807) is 31.0 Å². The second kappa shape index (κ2) is 11.9. The molecule has 1 saturated heterocycles. The van der Waals surface area contributed by atoms with Crippen LogP contribution in [0.3, 0.4) is 0 Å². The molecule has 3 atom stereocenters. The minimum absolute atomic E-state index is 0.0674. The summed E-state index contributed by atoms with van der Waals surface area (Å²) in [6, 6.07) is 22.1. The van der Waals surface area contributed by atoms with E-state index in [0.717, 1.165) is 36.1 Å². The zero-order chi connectivity index (χ0) is 26.5. The average Bonchev–Trinajstić information content (AvgIpc) is 3.23. The molecule has 198 valence electrons. The Hall–Kier alpha value is -3.45. The van der Waals surface area contributed by atoms with Gasteiger partial charge in [0.25, 0.3) is 5.91 Å². The number of amides is 1. The van der Waals surface area contributed by atoms with Crippen LogP contribution in [0.2, 0.25) is 0 Å². The summed E-state index contributed by atoms with van der Waals surface area (Å²) >= 11 is 1.56. The zero-order valence-electron chi connectivity index (χ0n) is 21.7. The van der Waals surface area contributed by atoms with Crippen molar-refractivity contribution in [3.8, 4) is 11.5 Å². The van der Waals surface area contributed by atoms with Crippen LogP contribution in [0.25, 0.3) is 6.08 Å². The second-order valence-electron chi connectivity index (χ2n) is 9.86. The number of thioether (sulfide) groups is 1. The lowest BCUT2D eigenvalue weighted by atomic mass is 9.85. The van der Waals surface area contributed by atoms with Gasteiger partial charge in [0.1, 0.15) is 12.4 Å². The number of ether oxygens (including phenoxy) is 2. The molecule has 5 nitrogen and oxygen atoms in total. The fourth-order valence-electron chi connectivity index (χ4n) is 5.15. The largest absolute Gasteiger partial charge is 0.493 e. The number of rotatable bonds is 8. The third-order valence-electron chi connectivity index (χ3n) is 7.22. The van der Waals surface area contributed by atoms with Crippen LogP contribution in [0.15, 0.2) is 77.7 Å². The maximum Gasteiger partial charge on any atom is 0.262 e. The number of halogens is 1. The first-order chi connectivity index (χ1) is 18.5. The number of hydrogen-bond acceptors (Lipinski definition) is 5. The number of methoxy groups -OCH3 is 1. The highest BCUT2D eigenvalue weighted by atomic mass is 32.2.